The van der Waals surface area contributed by atoms with Crippen LogP contribution in [0.2, 0.25) is 10.0 Å². The first-order valence-corrected chi connectivity index (χ1v) is 14.4. The highest BCUT2D eigenvalue weighted by Gasteiger charge is 2.24. The third-order valence-corrected chi connectivity index (χ3v) is 7.63. The summed E-state index contributed by atoms with van der Waals surface area (Å²) in [5, 5.41) is 3.42. The molecule has 0 saturated carbocycles. The molecule has 10 nitrogen and oxygen atoms in total. The summed E-state index contributed by atoms with van der Waals surface area (Å²) in [6.07, 6.45) is 2.13. The number of urea groups is 1. The van der Waals surface area contributed by atoms with Crippen molar-refractivity contribution in [1.82, 2.24) is 14.7 Å². The van der Waals surface area contributed by atoms with Crippen molar-refractivity contribution < 1.29 is 28.2 Å². The zero-order chi connectivity index (χ0) is 29.9. The molecule has 1 N–H and O–H groups in total. The Hall–Kier alpha value is -3.44. The van der Waals surface area contributed by atoms with Gasteiger partial charge in [-0.1, -0.05) is 35.3 Å². The third kappa shape index (κ3) is 8.78. The molecule has 2 aromatic carbocycles. The highest BCUT2D eigenvalue weighted by atomic mass is 35.5. The zero-order valence-corrected chi connectivity index (χ0v) is 25.3. The number of para-hydroxylation sites is 1. The number of carbonyl (C=O) groups is 2. The molecule has 0 spiro atoms. The molecular formula is C30H36Cl2N4O6. The fraction of sp³-hybridized carbons (Fsp3) is 0.400. The molecule has 0 aliphatic carbocycles. The topological polar surface area (TPSA) is 96.7 Å². The first-order chi connectivity index (χ1) is 20.4. The quantitative estimate of drug-likeness (QED) is 0.287. The minimum absolute atomic E-state index is 0.148. The van der Waals surface area contributed by atoms with Crippen molar-refractivity contribution in [2.75, 3.05) is 72.0 Å². The van der Waals surface area contributed by atoms with E-state index in [2.05, 4.69) is 10.2 Å². The van der Waals surface area contributed by atoms with E-state index in [1.807, 2.05) is 24.3 Å². The van der Waals surface area contributed by atoms with E-state index in [9.17, 15) is 9.59 Å². The number of hydrogen-bond acceptors (Lipinski definition) is 7. The number of ether oxygens (including phenoxy) is 3. The summed E-state index contributed by atoms with van der Waals surface area (Å²) in [6.45, 7) is 4.20. The molecule has 1 aliphatic heterocycles. The average Bonchev–Trinajstić information content (AvgIpc) is 3.52. The number of benzene rings is 2. The largest absolute Gasteiger partial charge is 0.493 e. The lowest BCUT2D eigenvalue weighted by Gasteiger charge is -2.31. The summed E-state index contributed by atoms with van der Waals surface area (Å²) in [5.41, 5.74) is 1.27. The number of rotatable bonds is 13. The predicted octanol–water partition coefficient (Wildman–Crippen LogP) is 5.04. The van der Waals surface area contributed by atoms with Gasteiger partial charge in [-0.15, -0.1) is 0 Å². The smallest absolute Gasteiger partial charge is 0.322 e. The van der Waals surface area contributed by atoms with Crippen LogP contribution in [0.3, 0.4) is 0 Å². The van der Waals surface area contributed by atoms with Gasteiger partial charge in [-0.3, -0.25) is 9.69 Å². The van der Waals surface area contributed by atoms with E-state index in [1.54, 1.807) is 49.6 Å². The molecule has 1 aromatic heterocycles. The molecule has 4 rings (SSSR count). The van der Waals surface area contributed by atoms with E-state index in [1.165, 1.54) is 4.90 Å². The fourth-order valence-corrected chi connectivity index (χ4v) is 5.08. The van der Waals surface area contributed by atoms with E-state index in [0.717, 1.165) is 18.7 Å². The van der Waals surface area contributed by atoms with Gasteiger partial charge in [-0.05, 0) is 48.4 Å². The van der Waals surface area contributed by atoms with Crippen molar-refractivity contribution in [2.45, 2.75) is 13.0 Å². The minimum Gasteiger partial charge on any atom is -0.493 e. The van der Waals surface area contributed by atoms with Gasteiger partial charge in [0.15, 0.2) is 11.5 Å². The van der Waals surface area contributed by atoms with E-state index in [-0.39, 0.29) is 19.0 Å². The fourth-order valence-electron chi connectivity index (χ4n) is 4.59. The van der Waals surface area contributed by atoms with Crippen molar-refractivity contribution in [3.8, 4) is 11.5 Å². The number of anilines is 1. The predicted molar refractivity (Wildman–Crippen MR) is 162 cm³/mol. The number of methoxy groups -OCH3 is 2. The Balaban J connectivity index is 1.50. The number of hydrogen-bond donors (Lipinski definition) is 1. The van der Waals surface area contributed by atoms with Gasteiger partial charge in [0.05, 0.1) is 56.0 Å². The Morgan fingerprint density at radius 3 is 2.36 bits per heavy atom. The number of halogens is 2. The van der Waals surface area contributed by atoms with Crippen LogP contribution in [0, 0.1) is 0 Å². The van der Waals surface area contributed by atoms with Gasteiger partial charge in [-0.2, -0.15) is 0 Å². The normalized spacial score (nSPS) is 13.4. The van der Waals surface area contributed by atoms with Crippen LogP contribution in [0.15, 0.2) is 59.2 Å². The SMILES string of the molecule is COc1ccc(CCN(Cc2ccco2)C(=O)CN(CCN2CCOCC2)C(=O)Nc2c(Cl)cccc2Cl)cc1OC. The molecule has 0 bridgehead atoms. The summed E-state index contributed by atoms with van der Waals surface area (Å²) >= 11 is 12.6. The van der Waals surface area contributed by atoms with Gasteiger partial charge in [0.1, 0.15) is 12.3 Å². The average molecular weight is 620 g/mol. The zero-order valence-electron chi connectivity index (χ0n) is 23.8. The molecule has 12 heteroatoms. The van der Waals surface area contributed by atoms with Crippen LogP contribution >= 0.6 is 23.2 Å². The van der Waals surface area contributed by atoms with Crippen LogP contribution in [0.4, 0.5) is 10.5 Å². The van der Waals surface area contributed by atoms with Gasteiger partial charge in [-0.25, -0.2) is 4.79 Å². The molecule has 2 heterocycles. The molecule has 1 saturated heterocycles. The van der Waals surface area contributed by atoms with E-state index in [0.29, 0.717) is 72.3 Å². The highest BCUT2D eigenvalue weighted by Crippen LogP contribution is 2.30. The lowest BCUT2D eigenvalue weighted by atomic mass is 10.1. The Labute approximate surface area is 256 Å². The second-order valence-electron chi connectivity index (χ2n) is 9.74. The lowest BCUT2D eigenvalue weighted by Crippen LogP contribution is -2.48. The van der Waals surface area contributed by atoms with Gasteiger partial charge < -0.3 is 33.7 Å². The van der Waals surface area contributed by atoms with Crippen LogP contribution < -0.4 is 14.8 Å². The maximum absolute atomic E-state index is 13.8. The van der Waals surface area contributed by atoms with Crippen LogP contribution in [0.5, 0.6) is 11.5 Å². The summed E-state index contributed by atoms with van der Waals surface area (Å²) in [5.74, 6) is 1.66. The van der Waals surface area contributed by atoms with Crippen LogP contribution in [0.25, 0.3) is 0 Å². The van der Waals surface area contributed by atoms with Gasteiger partial charge in [0.25, 0.3) is 0 Å². The number of carbonyl (C=O) groups excluding carboxylic acids is 2. The molecule has 42 heavy (non-hydrogen) atoms. The van der Waals surface area contributed by atoms with Crippen molar-refractivity contribution in [2.24, 2.45) is 0 Å². The van der Waals surface area contributed by atoms with Gasteiger partial charge >= 0.3 is 6.03 Å². The minimum atomic E-state index is -0.468. The molecular weight excluding hydrogens is 583 g/mol. The highest BCUT2D eigenvalue weighted by molar-refractivity contribution is 6.39. The molecule has 1 fully saturated rings. The number of morpholine rings is 1. The summed E-state index contributed by atoms with van der Waals surface area (Å²) in [4.78, 5) is 32.7. The maximum atomic E-state index is 13.8. The maximum Gasteiger partial charge on any atom is 0.322 e. The summed E-state index contributed by atoms with van der Waals surface area (Å²) < 4.78 is 21.8. The Kier molecular flexibility index (Phi) is 11.8. The molecule has 3 aromatic rings. The molecule has 3 amide bonds. The monoisotopic (exact) mass is 618 g/mol. The van der Waals surface area contributed by atoms with E-state index in [4.69, 9.17) is 41.8 Å². The Morgan fingerprint density at radius 2 is 1.69 bits per heavy atom. The van der Waals surface area contributed by atoms with Crippen molar-refractivity contribution in [3.05, 3.63) is 76.2 Å². The van der Waals surface area contributed by atoms with E-state index < -0.39 is 6.03 Å². The Bertz CT molecular complexity index is 1300. The summed E-state index contributed by atoms with van der Waals surface area (Å²) in [6, 6.07) is 13.8. The van der Waals surface area contributed by atoms with Crippen molar-refractivity contribution in [3.63, 3.8) is 0 Å². The van der Waals surface area contributed by atoms with Crippen molar-refractivity contribution in [1.29, 1.82) is 0 Å². The number of nitrogens with one attached hydrogen (secondary N) is 1. The first kappa shape index (κ1) is 31.5. The van der Waals surface area contributed by atoms with Crippen LogP contribution in [-0.4, -0.2) is 93.3 Å². The van der Waals surface area contributed by atoms with Gasteiger partial charge in [0.2, 0.25) is 5.91 Å². The number of nitrogens with zero attached hydrogens (tertiary/aromatic N) is 3. The first-order valence-electron chi connectivity index (χ1n) is 13.7. The number of amides is 3. The molecule has 0 atom stereocenters. The third-order valence-electron chi connectivity index (χ3n) is 7.00. The van der Waals surface area contributed by atoms with Gasteiger partial charge in [0, 0.05) is 32.7 Å². The number of furan rings is 1. The molecule has 0 radical (unpaired) electrons. The molecule has 226 valence electrons. The molecule has 1 aliphatic rings. The van der Waals surface area contributed by atoms with Crippen LogP contribution in [-0.2, 0) is 22.5 Å². The standard InChI is InChI=1S/C30H36Cl2N4O6/c1-39-26-9-8-22(19-27(26)40-2)10-11-35(20-23-5-4-16-42-23)28(37)21-36(13-12-34-14-17-41-18-15-34)30(38)33-29-24(31)6-3-7-25(29)32/h3-9,16,19H,10-15,17-18,20-21H2,1-2H3,(H,33,38). The van der Waals surface area contributed by atoms with E-state index >= 15 is 0 Å². The van der Waals surface area contributed by atoms with Crippen molar-refractivity contribution >= 4 is 40.8 Å². The Morgan fingerprint density at radius 1 is 0.952 bits per heavy atom. The lowest BCUT2D eigenvalue weighted by molar-refractivity contribution is -0.132. The second-order valence-corrected chi connectivity index (χ2v) is 10.6. The molecule has 0 unspecified atom stereocenters. The second kappa shape index (κ2) is 15.7. The van der Waals surface area contributed by atoms with Crippen LogP contribution in [0.1, 0.15) is 11.3 Å². The summed E-state index contributed by atoms with van der Waals surface area (Å²) in [7, 11) is 3.17.